The van der Waals surface area contributed by atoms with Gasteiger partial charge in [0.2, 0.25) is 5.91 Å². The molecule has 2 aromatic rings. The predicted octanol–water partition coefficient (Wildman–Crippen LogP) is 3.84. The van der Waals surface area contributed by atoms with Gasteiger partial charge in [-0.15, -0.1) is 0 Å². The maximum absolute atomic E-state index is 12.2. The first-order valence-corrected chi connectivity index (χ1v) is 7.76. The summed E-state index contributed by atoms with van der Waals surface area (Å²) in [4.78, 5) is 12.2. The summed E-state index contributed by atoms with van der Waals surface area (Å²) in [5.41, 5.74) is 2.91. The zero-order valence-electron chi connectivity index (χ0n) is 13.9. The Balaban J connectivity index is 2.01. The van der Waals surface area contributed by atoms with Crippen LogP contribution >= 0.6 is 0 Å². The first-order valence-electron chi connectivity index (χ1n) is 7.76. The average Bonchev–Trinajstić information content (AvgIpc) is 2.57. The Morgan fingerprint density at radius 2 is 1.78 bits per heavy atom. The molecule has 0 aliphatic carbocycles. The van der Waals surface area contributed by atoms with E-state index in [-0.39, 0.29) is 12.3 Å². The molecule has 0 atom stereocenters. The summed E-state index contributed by atoms with van der Waals surface area (Å²) in [5.74, 6) is 1.28. The van der Waals surface area contributed by atoms with Crippen molar-refractivity contribution in [2.45, 2.75) is 26.2 Å². The lowest BCUT2D eigenvalue weighted by Crippen LogP contribution is -2.15. The van der Waals surface area contributed by atoms with E-state index < -0.39 is 0 Å². The second-order valence-electron chi connectivity index (χ2n) is 5.35. The van der Waals surface area contributed by atoms with Gasteiger partial charge in [-0.1, -0.05) is 31.5 Å². The molecule has 0 saturated heterocycles. The van der Waals surface area contributed by atoms with Crippen LogP contribution in [0.3, 0.4) is 0 Å². The van der Waals surface area contributed by atoms with Crippen LogP contribution in [0.5, 0.6) is 11.5 Å². The van der Waals surface area contributed by atoms with E-state index in [2.05, 4.69) is 12.2 Å². The number of aryl methyl sites for hydroxylation is 1. The summed E-state index contributed by atoms with van der Waals surface area (Å²) in [6.07, 6.45) is 2.42. The Bertz CT molecular complexity index is 650. The molecule has 0 aliphatic heterocycles. The SMILES string of the molecule is CCCc1ccc(NC(=O)Cc2ccc(OC)cc2OC)cc1. The second kappa shape index (κ2) is 8.22. The van der Waals surface area contributed by atoms with E-state index >= 15 is 0 Å². The van der Waals surface area contributed by atoms with Crippen LogP contribution in [0.15, 0.2) is 42.5 Å². The van der Waals surface area contributed by atoms with Crippen LogP contribution in [0.2, 0.25) is 0 Å². The van der Waals surface area contributed by atoms with Gasteiger partial charge in [-0.25, -0.2) is 0 Å². The molecule has 122 valence electrons. The molecule has 0 saturated carbocycles. The second-order valence-corrected chi connectivity index (χ2v) is 5.35. The lowest BCUT2D eigenvalue weighted by atomic mass is 10.1. The summed E-state index contributed by atoms with van der Waals surface area (Å²) in [7, 11) is 3.19. The van der Waals surface area contributed by atoms with Gasteiger partial charge in [-0.2, -0.15) is 0 Å². The molecule has 0 aromatic heterocycles. The molecule has 1 amide bonds. The van der Waals surface area contributed by atoms with Crippen LogP contribution in [-0.2, 0) is 17.6 Å². The van der Waals surface area contributed by atoms with Crippen LogP contribution in [0.4, 0.5) is 5.69 Å². The molecule has 0 unspecified atom stereocenters. The quantitative estimate of drug-likeness (QED) is 0.845. The van der Waals surface area contributed by atoms with Crippen LogP contribution < -0.4 is 14.8 Å². The van der Waals surface area contributed by atoms with Gasteiger partial charge in [0.05, 0.1) is 20.6 Å². The molecule has 0 bridgehead atoms. The fourth-order valence-corrected chi connectivity index (χ4v) is 2.42. The number of hydrogen-bond acceptors (Lipinski definition) is 3. The van der Waals surface area contributed by atoms with E-state index in [0.717, 1.165) is 24.1 Å². The molecule has 0 aliphatic rings. The van der Waals surface area contributed by atoms with E-state index in [9.17, 15) is 4.79 Å². The Hall–Kier alpha value is -2.49. The molecule has 4 nitrogen and oxygen atoms in total. The molecule has 0 heterocycles. The third-order valence-electron chi connectivity index (χ3n) is 3.62. The molecular weight excluding hydrogens is 290 g/mol. The van der Waals surface area contributed by atoms with Gasteiger partial charge in [0, 0.05) is 17.3 Å². The molecule has 23 heavy (non-hydrogen) atoms. The summed E-state index contributed by atoms with van der Waals surface area (Å²) in [6, 6.07) is 13.4. The fraction of sp³-hybridized carbons (Fsp3) is 0.316. The molecule has 2 rings (SSSR count). The number of hydrogen-bond donors (Lipinski definition) is 1. The van der Waals surface area contributed by atoms with Crippen molar-refractivity contribution in [2.75, 3.05) is 19.5 Å². The van der Waals surface area contributed by atoms with Gasteiger partial charge in [0.25, 0.3) is 0 Å². The highest BCUT2D eigenvalue weighted by atomic mass is 16.5. The van der Waals surface area contributed by atoms with Gasteiger partial charge in [0.15, 0.2) is 0 Å². The average molecular weight is 313 g/mol. The van der Waals surface area contributed by atoms with E-state index in [1.54, 1.807) is 20.3 Å². The van der Waals surface area contributed by atoms with E-state index in [0.29, 0.717) is 11.5 Å². The van der Waals surface area contributed by atoms with Crippen molar-refractivity contribution >= 4 is 11.6 Å². The summed E-state index contributed by atoms with van der Waals surface area (Å²) >= 11 is 0. The first kappa shape index (κ1) is 16.9. The molecule has 2 aromatic carbocycles. The highest BCUT2D eigenvalue weighted by molar-refractivity contribution is 5.92. The maximum atomic E-state index is 12.2. The highest BCUT2D eigenvalue weighted by Gasteiger charge is 2.10. The number of nitrogens with one attached hydrogen (secondary N) is 1. The van der Waals surface area contributed by atoms with Crippen molar-refractivity contribution in [2.24, 2.45) is 0 Å². The molecule has 0 fully saturated rings. The van der Waals surface area contributed by atoms with Gasteiger partial charge in [0.1, 0.15) is 11.5 Å². The maximum Gasteiger partial charge on any atom is 0.228 e. The lowest BCUT2D eigenvalue weighted by molar-refractivity contribution is -0.115. The van der Waals surface area contributed by atoms with Crippen LogP contribution in [0, 0.1) is 0 Å². The normalized spacial score (nSPS) is 10.2. The monoisotopic (exact) mass is 313 g/mol. The minimum Gasteiger partial charge on any atom is -0.497 e. The number of benzene rings is 2. The zero-order chi connectivity index (χ0) is 16.7. The molecule has 4 heteroatoms. The zero-order valence-corrected chi connectivity index (χ0v) is 13.9. The summed E-state index contributed by atoms with van der Waals surface area (Å²) in [6.45, 7) is 2.15. The Labute approximate surface area is 137 Å². The number of carbonyl (C=O) groups is 1. The third kappa shape index (κ3) is 4.74. The van der Waals surface area contributed by atoms with Crippen LogP contribution in [0.1, 0.15) is 24.5 Å². The largest absolute Gasteiger partial charge is 0.497 e. The number of rotatable bonds is 7. The fourth-order valence-electron chi connectivity index (χ4n) is 2.42. The van der Waals surface area contributed by atoms with Crippen molar-refractivity contribution < 1.29 is 14.3 Å². The molecule has 1 N–H and O–H groups in total. The van der Waals surface area contributed by atoms with Crippen LogP contribution in [0.25, 0.3) is 0 Å². The van der Waals surface area contributed by atoms with Crippen molar-refractivity contribution in [1.29, 1.82) is 0 Å². The topological polar surface area (TPSA) is 47.6 Å². The summed E-state index contributed by atoms with van der Waals surface area (Å²) < 4.78 is 10.5. The first-order chi connectivity index (χ1) is 11.2. The lowest BCUT2D eigenvalue weighted by Gasteiger charge is -2.11. The Morgan fingerprint density at radius 1 is 1.04 bits per heavy atom. The van der Waals surface area contributed by atoms with E-state index in [4.69, 9.17) is 9.47 Å². The number of carbonyl (C=O) groups excluding carboxylic acids is 1. The Kier molecular flexibility index (Phi) is 6.03. The van der Waals surface area contributed by atoms with Crippen molar-refractivity contribution in [3.05, 3.63) is 53.6 Å². The van der Waals surface area contributed by atoms with E-state index in [1.165, 1.54) is 5.56 Å². The van der Waals surface area contributed by atoms with Gasteiger partial charge in [-0.05, 0) is 30.2 Å². The summed E-state index contributed by atoms with van der Waals surface area (Å²) in [5, 5.41) is 2.91. The minimum absolute atomic E-state index is 0.0725. The van der Waals surface area contributed by atoms with Crippen molar-refractivity contribution in [3.63, 3.8) is 0 Å². The smallest absolute Gasteiger partial charge is 0.228 e. The van der Waals surface area contributed by atoms with Gasteiger partial charge < -0.3 is 14.8 Å². The Morgan fingerprint density at radius 3 is 2.39 bits per heavy atom. The molecule has 0 spiro atoms. The number of ether oxygens (including phenoxy) is 2. The number of anilines is 1. The van der Waals surface area contributed by atoms with E-state index in [1.807, 2.05) is 36.4 Å². The van der Waals surface area contributed by atoms with Crippen LogP contribution in [-0.4, -0.2) is 20.1 Å². The highest BCUT2D eigenvalue weighted by Crippen LogP contribution is 2.25. The van der Waals surface area contributed by atoms with Crippen molar-refractivity contribution in [1.82, 2.24) is 0 Å². The molecule has 0 radical (unpaired) electrons. The van der Waals surface area contributed by atoms with Gasteiger partial charge in [-0.3, -0.25) is 4.79 Å². The molecular formula is C19H23NO3. The standard InChI is InChI=1S/C19H23NO3/c1-4-5-14-6-9-16(10-7-14)20-19(21)12-15-8-11-17(22-2)13-18(15)23-3/h6-11,13H,4-5,12H2,1-3H3,(H,20,21). The number of methoxy groups -OCH3 is 2. The minimum atomic E-state index is -0.0725. The van der Waals surface area contributed by atoms with Gasteiger partial charge >= 0.3 is 0 Å². The number of amides is 1. The van der Waals surface area contributed by atoms with Crippen molar-refractivity contribution in [3.8, 4) is 11.5 Å². The third-order valence-corrected chi connectivity index (χ3v) is 3.62. The predicted molar refractivity (Wildman–Crippen MR) is 92.3 cm³/mol.